The van der Waals surface area contributed by atoms with Gasteiger partial charge in [0.2, 0.25) is 0 Å². The van der Waals surface area contributed by atoms with Crippen LogP contribution in [0.3, 0.4) is 0 Å². The summed E-state index contributed by atoms with van der Waals surface area (Å²) in [5, 5.41) is 0. The summed E-state index contributed by atoms with van der Waals surface area (Å²) in [6.07, 6.45) is 5.78. The van der Waals surface area contributed by atoms with E-state index in [2.05, 4.69) is 22.6 Å². The minimum absolute atomic E-state index is 0.639. The van der Waals surface area contributed by atoms with Crippen molar-refractivity contribution < 1.29 is 0 Å². The summed E-state index contributed by atoms with van der Waals surface area (Å²) in [5.41, 5.74) is 1.21. The van der Waals surface area contributed by atoms with Crippen LogP contribution in [0.15, 0.2) is 12.3 Å². The van der Waals surface area contributed by atoms with Crippen LogP contribution < -0.4 is 0 Å². The van der Waals surface area contributed by atoms with Gasteiger partial charge in [0.05, 0.1) is 5.75 Å². The predicted molar refractivity (Wildman–Crippen MR) is 51.3 cm³/mol. The van der Waals surface area contributed by atoms with Crippen LogP contribution in [0.5, 0.6) is 0 Å². The Bertz CT molecular complexity index is 271. The first kappa shape index (κ1) is 8.05. The predicted octanol–water partition coefficient (Wildman–Crippen LogP) is 2.17. The molecule has 0 aliphatic heterocycles. The third-order valence-corrected chi connectivity index (χ3v) is 2.67. The molecule has 0 N–H and O–H groups in total. The summed E-state index contributed by atoms with van der Waals surface area (Å²) in [4.78, 5) is 8.54. The number of hydrogen-bond acceptors (Lipinski definition) is 3. The quantitative estimate of drug-likeness (QED) is 0.706. The molecule has 0 spiro atoms. The fourth-order valence-corrected chi connectivity index (χ4v) is 1.57. The molecule has 1 aromatic heterocycles. The summed E-state index contributed by atoms with van der Waals surface area (Å²) in [5.74, 6) is 2.19. The van der Waals surface area contributed by atoms with Crippen LogP contribution in [-0.4, -0.2) is 9.97 Å². The molecule has 0 saturated heterocycles. The third-order valence-electron chi connectivity index (χ3n) is 2.39. The maximum atomic E-state index is 4.43. The molecule has 3 heteroatoms. The van der Waals surface area contributed by atoms with Crippen LogP contribution in [0.1, 0.15) is 36.7 Å². The van der Waals surface area contributed by atoms with Crippen LogP contribution in [-0.2, 0) is 5.75 Å². The topological polar surface area (TPSA) is 25.8 Å². The van der Waals surface area contributed by atoms with Crippen molar-refractivity contribution in [2.75, 3.05) is 0 Å². The van der Waals surface area contributed by atoms with Gasteiger partial charge in [-0.1, -0.05) is 6.42 Å². The van der Waals surface area contributed by atoms with E-state index in [1.165, 1.54) is 25.0 Å². The van der Waals surface area contributed by atoms with Gasteiger partial charge in [-0.3, -0.25) is 0 Å². The van der Waals surface area contributed by atoms with E-state index in [0.29, 0.717) is 11.7 Å². The molecule has 1 fully saturated rings. The normalized spacial score (nSPS) is 17.4. The average Bonchev–Trinajstić information content (AvgIpc) is 2.02. The molecule has 0 unspecified atom stereocenters. The number of rotatable bonds is 2. The van der Waals surface area contributed by atoms with Gasteiger partial charge in [-0.15, -0.1) is 0 Å². The van der Waals surface area contributed by atoms with Crippen LogP contribution >= 0.6 is 12.6 Å². The largest absolute Gasteiger partial charge is 0.240 e. The van der Waals surface area contributed by atoms with Gasteiger partial charge in [0.15, 0.2) is 0 Å². The summed E-state index contributed by atoms with van der Waals surface area (Å²) in [7, 11) is 0. The van der Waals surface area contributed by atoms with Crippen LogP contribution in [0.2, 0.25) is 0 Å². The molecule has 1 aromatic rings. The zero-order valence-electron chi connectivity index (χ0n) is 6.90. The lowest BCUT2D eigenvalue weighted by Crippen LogP contribution is -2.11. The van der Waals surface area contributed by atoms with Gasteiger partial charge < -0.3 is 0 Å². The maximum absolute atomic E-state index is 4.43. The first-order chi connectivity index (χ1) is 5.90. The molecular formula is C9H12N2S. The molecule has 1 aliphatic rings. The van der Waals surface area contributed by atoms with Gasteiger partial charge in [-0.25, -0.2) is 9.97 Å². The van der Waals surface area contributed by atoms with E-state index < -0.39 is 0 Å². The van der Waals surface area contributed by atoms with E-state index in [9.17, 15) is 0 Å². The second kappa shape index (κ2) is 3.44. The van der Waals surface area contributed by atoms with Gasteiger partial charge >= 0.3 is 0 Å². The van der Waals surface area contributed by atoms with Gasteiger partial charge in [-0.05, 0) is 18.9 Å². The Morgan fingerprint density at radius 2 is 2.33 bits per heavy atom. The van der Waals surface area contributed by atoms with Crippen molar-refractivity contribution in [1.29, 1.82) is 0 Å². The molecule has 0 bridgehead atoms. The average molecular weight is 180 g/mol. The van der Waals surface area contributed by atoms with E-state index in [4.69, 9.17) is 0 Å². The highest BCUT2D eigenvalue weighted by Crippen LogP contribution is 2.34. The van der Waals surface area contributed by atoms with Crippen molar-refractivity contribution in [3.8, 4) is 0 Å². The molecular weight excluding hydrogens is 168 g/mol. The summed E-state index contributed by atoms with van der Waals surface area (Å²) < 4.78 is 0. The Morgan fingerprint density at radius 1 is 1.50 bits per heavy atom. The Hall–Kier alpha value is -0.570. The first-order valence-electron chi connectivity index (χ1n) is 4.33. The summed E-state index contributed by atoms with van der Waals surface area (Å²) in [6.45, 7) is 0. The molecule has 1 saturated carbocycles. The van der Waals surface area contributed by atoms with Crippen LogP contribution in [0, 0.1) is 0 Å². The zero-order valence-corrected chi connectivity index (χ0v) is 7.80. The smallest absolute Gasteiger partial charge is 0.138 e. The van der Waals surface area contributed by atoms with Crippen molar-refractivity contribution in [2.24, 2.45) is 0 Å². The highest BCUT2D eigenvalue weighted by Gasteiger charge is 2.20. The summed E-state index contributed by atoms with van der Waals surface area (Å²) in [6, 6.07) is 2.02. The molecule has 0 radical (unpaired) electrons. The zero-order chi connectivity index (χ0) is 8.39. The Morgan fingerprint density at radius 3 is 2.92 bits per heavy atom. The molecule has 12 heavy (non-hydrogen) atoms. The molecule has 0 atom stereocenters. The molecule has 0 aromatic carbocycles. The van der Waals surface area contributed by atoms with E-state index in [1.54, 1.807) is 0 Å². The lowest BCUT2D eigenvalue weighted by molar-refractivity contribution is 0.410. The van der Waals surface area contributed by atoms with E-state index in [1.807, 2.05) is 12.3 Å². The monoisotopic (exact) mass is 180 g/mol. The minimum Gasteiger partial charge on any atom is -0.240 e. The fourth-order valence-electron chi connectivity index (χ4n) is 1.42. The number of aromatic nitrogens is 2. The van der Waals surface area contributed by atoms with E-state index in [0.717, 1.165) is 5.82 Å². The van der Waals surface area contributed by atoms with Gasteiger partial charge in [0, 0.05) is 17.8 Å². The van der Waals surface area contributed by atoms with Gasteiger partial charge in [0.1, 0.15) is 5.82 Å². The molecule has 2 rings (SSSR count). The standard InChI is InChI=1S/C9H12N2S/c12-6-9-10-5-4-8(11-9)7-2-1-3-7/h4-5,7,12H,1-3,6H2. The number of thiol groups is 1. The minimum atomic E-state index is 0.639. The summed E-state index contributed by atoms with van der Waals surface area (Å²) >= 11 is 4.15. The second-order valence-electron chi connectivity index (χ2n) is 3.18. The molecule has 1 heterocycles. The van der Waals surface area contributed by atoms with Gasteiger partial charge in [0.25, 0.3) is 0 Å². The van der Waals surface area contributed by atoms with Crippen molar-refractivity contribution >= 4 is 12.6 Å². The molecule has 0 amide bonds. The highest BCUT2D eigenvalue weighted by atomic mass is 32.1. The maximum Gasteiger partial charge on any atom is 0.138 e. The third kappa shape index (κ3) is 1.46. The lowest BCUT2D eigenvalue weighted by Gasteiger charge is -2.24. The second-order valence-corrected chi connectivity index (χ2v) is 3.50. The number of hydrogen-bond donors (Lipinski definition) is 1. The van der Waals surface area contributed by atoms with Crippen molar-refractivity contribution in [3.63, 3.8) is 0 Å². The van der Waals surface area contributed by atoms with Crippen LogP contribution in [0.25, 0.3) is 0 Å². The SMILES string of the molecule is SCc1nccc(C2CCC2)n1. The van der Waals surface area contributed by atoms with E-state index in [-0.39, 0.29) is 0 Å². The van der Waals surface area contributed by atoms with E-state index >= 15 is 0 Å². The van der Waals surface area contributed by atoms with Crippen molar-refractivity contribution in [1.82, 2.24) is 9.97 Å². The molecule has 2 nitrogen and oxygen atoms in total. The Kier molecular flexibility index (Phi) is 2.30. The van der Waals surface area contributed by atoms with Gasteiger partial charge in [-0.2, -0.15) is 12.6 Å². The van der Waals surface area contributed by atoms with Crippen molar-refractivity contribution in [3.05, 3.63) is 23.8 Å². The Balaban J connectivity index is 2.19. The number of nitrogens with zero attached hydrogens (tertiary/aromatic N) is 2. The Labute approximate surface area is 77.8 Å². The highest BCUT2D eigenvalue weighted by molar-refractivity contribution is 7.79. The van der Waals surface area contributed by atoms with Crippen LogP contribution in [0.4, 0.5) is 0 Å². The fraction of sp³-hybridized carbons (Fsp3) is 0.556. The molecule has 64 valence electrons. The lowest BCUT2D eigenvalue weighted by atomic mass is 9.83. The molecule has 1 aliphatic carbocycles. The van der Waals surface area contributed by atoms with Crippen molar-refractivity contribution in [2.45, 2.75) is 30.9 Å². The first-order valence-corrected chi connectivity index (χ1v) is 4.96.